The van der Waals surface area contributed by atoms with Gasteiger partial charge in [0, 0.05) is 6.54 Å². The number of nitrogens with zero attached hydrogens (tertiary/aromatic N) is 1. The van der Waals surface area contributed by atoms with Gasteiger partial charge in [0.15, 0.2) is 0 Å². The normalized spacial score (nSPS) is 13.8. The van der Waals surface area contributed by atoms with Crippen molar-refractivity contribution in [1.82, 2.24) is 10.2 Å². The number of carbonyl (C=O) groups is 2. The Balaban J connectivity index is 4.41. The van der Waals surface area contributed by atoms with Crippen LogP contribution in [0, 0.1) is 5.92 Å². The van der Waals surface area contributed by atoms with Crippen molar-refractivity contribution in [3.63, 3.8) is 0 Å². The third-order valence-corrected chi connectivity index (χ3v) is 3.39. The van der Waals surface area contributed by atoms with Crippen LogP contribution in [0.2, 0.25) is 0 Å². The summed E-state index contributed by atoms with van der Waals surface area (Å²) in [5.41, 5.74) is -1.06. The molecule has 0 aromatic rings. The van der Waals surface area contributed by atoms with E-state index < -0.39 is 17.6 Å². The lowest BCUT2D eigenvalue weighted by molar-refractivity contribution is -0.151. The Bertz CT molecular complexity index is 301. The number of hydrogen-bond donors (Lipinski definition) is 2. The summed E-state index contributed by atoms with van der Waals surface area (Å²) in [5.74, 6) is -0.534. The maximum atomic E-state index is 11.9. The van der Waals surface area contributed by atoms with Crippen molar-refractivity contribution in [3.8, 4) is 0 Å². The summed E-state index contributed by atoms with van der Waals surface area (Å²) in [6.45, 7) is 9.71. The number of carboxylic acids is 1. The van der Waals surface area contributed by atoms with Crippen LogP contribution in [0.25, 0.3) is 0 Å². The maximum Gasteiger partial charge on any atom is 0.323 e. The van der Waals surface area contributed by atoms with Crippen LogP contribution in [0.3, 0.4) is 0 Å². The summed E-state index contributed by atoms with van der Waals surface area (Å²) in [6.07, 6.45) is 0.921. The number of hydrogen-bond acceptors (Lipinski definition) is 3. The van der Waals surface area contributed by atoms with Crippen LogP contribution in [0.5, 0.6) is 0 Å². The number of carbonyl (C=O) groups excluding carboxylic acids is 1. The van der Waals surface area contributed by atoms with Crippen LogP contribution >= 0.6 is 0 Å². The minimum Gasteiger partial charge on any atom is -0.480 e. The standard InChI is InChI=1S/C13H26N2O3/c1-9(2)7-8-14-11(16)10(3)15(6)13(4,5)12(17)18/h9-10H,7-8H2,1-6H3,(H,14,16)(H,17,18). The molecule has 0 saturated carbocycles. The molecule has 1 atom stereocenters. The second kappa shape index (κ2) is 6.73. The van der Waals surface area contributed by atoms with Gasteiger partial charge < -0.3 is 10.4 Å². The van der Waals surface area contributed by atoms with Gasteiger partial charge in [0.05, 0.1) is 6.04 Å². The minimum absolute atomic E-state index is 0.132. The molecular formula is C13H26N2O3. The number of rotatable bonds is 7. The summed E-state index contributed by atoms with van der Waals surface area (Å²) in [4.78, 5) is 24.6. The molecule has 2 N–H and O–H groups in total. The zero-order valence-corrected chi connectivity index (χ0v) is 12.3. The molecule has 0 spiro atoms. The highest BCUT2D eigenvalue weighted by Gasteiger charge is 2.36. The van der Waals surface area contributed by atoms with E-state index in [-0.39, 0.29) is 5.91 Å². The van der Waals surface area contributed by atoms with E-state index in [9.17, 15) is 9.59 Å². The van der Waals surface area contributed by atoms with Crippen LogP contribution in [-0.2, 0) is 9.59 Å². The zero-order chi connectivity index (χ0) is 14.5. The third kappa shape index (κ3) is 4.64. The second-order valence-corrected chi connectivity index (χ2v) is 5.62. The van der Waals surface area contributed by atoms with E-state index in [2.05, 4.69) is 19.2 Å². The first kappa shape index (κ1) is 16.9. The molecular weight excluding hydrogens is 232 g/mol. The highest BCUT2D eigenvalue weighted by atomic mass is 16.4. The lowest BCUT2D eigenvalue weighted by Crippen LogP contribution is -2.56. The Morgan fingerprint density at radius 1 is 1.28 bits per heavy atom. The van der Waals surface area contributed by atoms with Gasteiger partial charge in [-0.15, -0.1) is 0 Å². The molecule has 0 aliphatic heterocycles. The molecule has 1 unspecified atom stereocenters. The summed E-state index contributed by atoms with van der Waals surface area (Å²) in [6, 6.07) is -0.469. The Labute approximate surface area is 110 Å². The molecule has 106 valence electrons. The molecule has 0 aliphatic rings. The molecule has 0 rings (SSSR count). The van der Waals surface area contributed by atoms with Gasteiger partial charge in [0.1, 0.15) is 5.54 Å². The van der Waals surface area contributed by atoms with Crippen molar-refractivity contribution in [1.29, 1.82) is 0 Å². The first-order valence-electron chi connectivity index (χ1n) is 6.34. The highest BCUT2D eigenvalue weighted by molar-refractivity contribution is 5.83. The van der Waals surface area contributed by atoms with E-state index in [1.54, 1.807) is 32.7 Å². The molecule has 1 amide bonds. The zero-order valence-electron chi connectivity index (χ0n) is 12.3. The summed E-state index contributed by atoms with van der Waals surface area (Å²) < 4.78 is 0. The quantitative estimate of drug-likeness (QED) is 0.723. The van der Waals surface area contributed by atoms with Crippen molar-refractivity contribution >= 4 is 11.9 Å². The molecule has 18 heavy (non-hydrogen) atoms. The monoisotopic (exact) mass is 258 g/mol. The molecule has 0 bridgehead atoms. The van der Waals surface area contributed by atoms with Crippen molar-refractivity contribution in [2.45, 2.75) is 52.6 Å². The van der Waals surface area contributed by atoms with Crippen LogP contribution in [-0.4, -0.2) is 47.1 Å². The van der Waals surface area contributed by atoms with Gasteiger partial charge in [0.25, 0.3) is 0 Å². The highest BCUT2D eigenvalue weighted by Crippen LogP contribution is 2.15. The number of likely N-dealkylation sites (N-methyl/N-ethyl adjacent to an activating group) is 1. The van der Waals surface area contributed by atoms with Crippen LogP contribution < -0.4 is 5.32 Å². The predicted octanol–water partition coefficient (Wildman–Crippen LogP) is 1.33. The van der Waals surface area contributed by atoms with Crippen LogP contribution in [0.15, 0.2) is 0 Å². The van der Waals surface area contributed by atoms with Gasteiger partial charge in [-0.1, -0.05) is 13.8 Å². The van der Waals surface area contributed by atoms with E-state index in [1.807, 2.05) is 0 Å². The Morgan fingerprint density at radius 3 is 2.17 bits per heavy atom. The van der Waals surface area contributed by atoms with Crippen molar-refractivity contribution in [2.75, 3.05) is 13.6 Å². The van der Waals surface area contributed by atoms with Gasteiger partial charge in [-0.25, -0.2) is 0 Å². The number of amides is 1. The number of aliphatic carboxylic acids is 1. The lowest BCUT2D eigenvalue weighted by atomic mass is 10.0. The van der Waals surface area contributed by atoms with Gasteiger partial charge in [0.2, 0.25) is 5.91 Å². The molecule has 5 heteroatoms. The van der Waals surface area contributed by atoms with Gasteiger partial charge in [-0.2, -0.15) is 0 Å². The average Bonchev–Trinajstić information content (AvgIpc) is 2.25. The van der Waals surface area contributed by atoms with Crippen molar-refractivity contribution < 1.29 is 14.7 Å². The SMILES string of the molecule is CC(C)CCNC(=O)C(C)N(C)C(C)(C)C(=O)O. The van der Waals surface area contributed by atoms with Gasteiger partial charge in [-0.05, 0) is 40.2 Å². The Hall–Kier alpha value is -1.10. The first-order chi connectivity index (χ1) is 8.10. The maximum absolute atomic E-state index is 11.9. The Morgan fingerprint density at radius 2 is 1.78 bits per heavy atom. The molecule has 0 fully saturated rings. The number of nitrogens with one attached hydrogen (secondary N) is 1. The fourth-order valence-corrected chi connectivity index (χ4v) is 1.44. The van der Waals surface area contributed by atoms with E-state index in [0.717, 1.165) is 6.42 Å². The van der Waals surface area contributed by atoms with E-state index in [0.29, 0.717) is 12.5 Å². The Kier molecular flexibility index (Phi) is 6.32. The summed E-state index contributed by atoms with van der Waals surface area (Å²) in [5, 5.41) is 11.9. The molecule has 0 aromatic carbocycles. The molecule has 0 saturated heterocycles. The molecule has 5 nitrogen and oxygen atoms in total. The minimum atomic E-state index is -1.06. The average molecular weight is 258 g/mol. The van der Waals surface area contributed by atoms with Crippen molar-refractivity contribution in [2.24, 2.45) is 5.92 Å². The largest absolute Gasteiger partial charge is 0.480 e. The molecule has 0 heterocycles. The third-order valence-electron chi connectivity index (χ3n) is 3.39. The fourth-order valence-electron chi connectivity index (χ4n) is 1.44. The lowest BCUT2D eigenvalue weighted by Gasteiger charge is -2.35. The summed E-state index contributed by atoms with van der Waals surface area (Å²) >= 11 is 0. The van der Waals surface area contributed by atoms with Gasteiger partial charge >= 0.3 is 5.97 Å². The second-order valence-electron chi connectivity index (χ2n) is 5.62. The molecule has 0 aromatic heterocycles. The number of carboxylic acid groups (broad SMARTS) is 1. The first-order valence-corrected chi connectivity index (χ1v) is 6.34. The fraction of sp³-hybridized carbons (Fsp3) is 0.846. The smallest absolute Gasteiger partial charge is 0.323 e. The van der Waals surface area contributed by atoms with Gasteiger partial charge in [-0.3, -0.25) is 14.5 Å². The predicted molar refractivity (Wildman–Crippen MR) is 71.4 cm³/mol. The van der Waals surface area contributed by atoms with Crippen LogP contribution in [0.1, 0.15) is 41.0 Å². The van der Waals surface area contributed by atoms with E-state index >= 15 is 0 Å². The molecule has 0 aliphatic carbocycles. The molecule has 0 radical (unpaired) electrons. The van der Waals surface area contributed by atoms with E-state index in [4.69, 9.17) is 5.11 Å². The van der Waals surface area contributed by atoms with Crippen molar-refractivity contribution in [3.05, 3.63) is 0 Å². The van der Waals surface area contributed by atoms with Crippen LogP contribution in [0.4, 0.5) is 0 Å². The topological polar surface area (TPSA) is 69.6 Å². The summed E-state index contributed by atoms with van der Waals surface area (Å²) in [7, 11) is 1.65. The van der Waals surface area contributed by atoms with E-state index in [1.165, 1.54) is 0 Å².